The van der Waals surface area contributed by atoms with Crippen LogP contribution in [0.4, 0.5) is 0 Å². The second-order valence-electron chi connectivity index (χ2n) is 12.1. The van der Waals surface area contributed by atoms with Gasteiger partial charge in [-0.05, 0) is 82.0 Å². The monoisotopic (exact) mass is 621 g/mol. The van der Waals surface area contributed by atoms with Gasteiger partial charge in [0, 0.05) is 36.0 Å². The van der Waals surface area contributed by atoms with Crippen molar-refractivity contribution in [1.29, 1.82) is 0 Å². The molecular formula is C42H28BNS2. The van der Waals surface area contributed by atoms with E-state index in [4.69, 9.17) is 0 Å². The van der Waals surface area contributed by atoms with Gasteiger partial charge in [-0.25, -0.2) is 0 Å². The van der Waals surface area contributed by atoms with Crippen molar-refractivity contribution in [3.63, 3.8) is 0 Å². The third-order valence-electron chi connectivity index (χ3n) is 9.76. The lowest BCUT2D eigenvalue weighted by atomic mass is 9.36. The smallest absolute Gasteiger partial charge is 0.247 e. The fourth-order valence-electron chi connectivity index (χ4n) is 7.96. The Balaban J connectivity index is 1.24. The lowest BCUT2D eigenvalue weighted by molar-refractivity contribution is 1.16. The number of hydrogen-bond donors (Lipinski definition) is 0. The van der Waals surface area contributed by atoms with E-state index in [9.17, 15) is 0 Å². The molecule has 1 nitrogen and oxygen atoms in total. The van der Waals surface area contributed by atoms with Crippen LogP contribution in [0.5, 0.6) is 0 Å². The molecule has 7 aromatic carbocycles. The molecule has 0 amide bonds. The summed E-state index contributed by atoms with van der Waals surface area (Å²) in [6.45, 7) is 0.180. The maximum Gasteiger partial charge on any atom is 0.247 e. The molecule has 1 aromatic heterocycles. The zero-order valence-electron chi connectivity index (χ0n) is 25.0. The van der Waals surface area contributed by atoms with Gasteiger partial charge >= 0.3 is 0 Å². The van der Waals surface area contributed by atoms with E-state index in [0.717, 1.165) is 0 Å². The Hall–Kier alpha value is -4.90. The Bertz CT molecular complexity index is 2370. The number of benzene rings is 7. The molecule has 0 bridgehead atoms. The largest absolute Gasteiger partial charge is 0.309 e. The van der Waals surface area contributed by atoms with Gasteiger partial charge in [-0.15, -0.1) is 10.0 Å². The average Bonchev–Trinajstić information content (AvgIpc) is 3.46. The quantitative estimate of drug-likeness (QED) is 0.178. The highest BCUT2D eigenvalue weighted by Crippen LogP contribution is 2.73. The second kappa shape index (κ2) is 10.1. The van der Waals surface area contributed by atoms with Crippen LogP contribution in [0, 0.1) is 0 Å². The molecule has 0 fully saturated rings. The van der Waals surface area contributed by atoms with E-state index in [1.165, 1.54) is 73.3 Å². The molecule has 2 aliphatic heterocycles. The summed E-state index contributed by atoms with van der Waals surface area (Å²) in [5.41, 5.74) is 8.00. The van der Waals surface area contributed by atoms with Crippen LogP contribution in [0.15, 0.2) is 199 Å². The van der Waals surface area contributed by atoms with Gasteiger partial charge in [-0.3, -0.25) is 0 Å². The van der Waals surface area contributed by atoms with Crippen LogP contribution in [-0.4, -0.2) is 11.3 Å². The van der Waals surface area contributed by atoms with E-state index in [1.807, 2.05) is 11.8 Å². The normalized spacial score (nSPS) is 14.8. The molecule has 8 aromatic rings. The summed E-state index contributed by atoms with van der Waals surface area (Å²) >= 11 is 1.94. The van der Waals surface area contributed by atoms with Crippen molar-refractivity contribution in [3.8, 4) is 5.69 Å². The molecule has 0 N–H and O–H groups in total. The van der Waals surface area contributed by atoms with Gasteiger partial charge < -0.3 is 4.57 Å². The third kappa shape index (κ3) is 3.51. The predicted octanol–water partition coefficient (Wildman–Crippen LogP) is 9.42. The topological polar surface area (TPSA) is 4.93 Å². The van der Waals surface area contributed by atoms with Crippen molar-refractivity contribution in [2.75, 3.05) is 0 Å². The summed E-state index contributed by atoms with van der Waals surface area (Å²) in [4.78, 5) is 8.40. The first kappa shape index (κ1) is 26.3. The Labute approximate surface area is 274 Å². The van der Waals surface area contributed by atoms with E-state index in [2.05, 4.69) is 174 Å². The fraction of sp³-hybridized carbons (Fsp3) is 0. The summed E-state index contributed by atoms with van der Waals surface area (Å²) in [5, 5.41) is 2.58. The van der Waals surface area contributed by atoms with Crippen molar-refractivity contribution in [1.82, 2.24) is 4.57 Å². The summed E-state index contributed by atoms with van der Waals surface area (Å²) in [5.74, 6) is 0. The standard InChI is InChI=1S/C42H28BNS2/c1-3-14-30(15-4-1)46(31-16-5-2-6-17-31)40-24-12-9-20-35(40)43-34-27-26-29(28-39(34)45-38-23-13-25-41(46)42(38)43)44-36-21-10-7-18-32(36)33-19-8-11-22-37(33)44/h1-28H. The van der Waals surface area contributed by atoms with Crippen molar-refractivity contribution < 1.29 is 0 Å². The van der Waals surface area contributed by atoms with Crippen LogP contribution in [0.3, 0.4) is 0 Å². The van der Waals surface area contributed by atoms with Crippen molar-refractivity contribution in [3.05, 3.63) is 170 Å². The molecule has 2 aliphatic rings. The maximum atomic E-state index is 2.44. The lowest BCUT2D eigenvalue weighted by Gasteiger charge is -2.49. The Morgan fingerprint density at radius 2 is 1.04 bits per heavy atom. The van der Waals surface area contributed by atoms with Gasteiger partial charge in [0.2, 0.25) is 6.71 Å². The van der Waals surface area contributed by atoms with Gasteiger partial charge in [-0.1, -0.05) is 126 Å². The molecule has 46 heavy (non-hydrogen) atoms. The highest BCUT2D eigenvalue weighted by Gasteiger charge is 2.47. The highest BCUT2D eigenvalue weighted by atomic mass is 32.3. The van der Waals surface area contributed by atoms with Crippen LogP contribution in [0.2, 0.25) is 0 Å². The molecule has 0 aliphatic carbocycles. The zero-order valence-corrected chi connectivity index (χ0v) is 26.6. The van der Waals surface area contributed by atoms with Crippen molar-refractivity contribution >= 4 is 66.7 Å². The Morgan fingerprint density at radius 1 is 0.457 bits per heavy atom. The van der Waals surface area contributed by atoms with E-state index < -0.39 is 10.0 Å². The number of aromatic nitrogens is 1. The van der Waals surface area contributed by atoms with Gasteiger partial charge in [0.1, 0.15) is 0 Å². The van der Waals surface area contributed by atoms with Crippen LogP contribution in [0.1, 0.15) is 0 Å². The molecule has 3 heterocycles. The number of fused-ring (bicyclic) bond motifs is 7. The van der Waals surface area contributed by atoms with Crippen molar-refractivity contribution in [2.45, 2.75) is 29.4 Å². The Kier molecular flexibility index (Phi) is 5.76. The first-order chi connectivity index (χ1) is 22.8. The molecular weight excluding hydrogens is 593 g/mol. The summed E-state index contributed by atoms with van der Waals surface area (Å²) < 4.78 is 2.44. The van der Waals surface area contributed by atoms with Gasteiger partial charge in [-0.2, -0.15) is 0 Å². The molecule has 0 saturated heterocycles. The molecule has 0 radical (unpaired) electrons. The minimum atomic E-state index is -1.72. The minimum absolute atomic E-state index is 0.180. The molecule has 4 heteroatoms. The molecule has 10 rings (SSSR count). The highest BCUT2D eigenvalue weighted by molar-refractivity contribution is 8.34. The lowest BCUT2D eigenvalue weighted by Crippen LogP contribution is -2.59. The van der Waals surface area contributed by atoms with Gasteiger partial charge in [0.05, 0.1) is 11.0 Å². The van der Waals surface area contributed by atoms with Crippen LogP contribution < -0.4 is 16.4 Å². The number of rotatable bonds is 3. The first-order valence-electron chi connectivity index (χ1n) is 15.8. The molecule has 0 spiro atoms. The number of para-hydroxylation sites is 2. The van der Waals surface area contributed by atoms with Crippen LogP contribution >= 0.6 is 21.8 Å². The second-order valence-corrected chi connectivity index (χ2v) is 16.2. The number of hydrogen-bond acceptors (Lipinski definition) is 1. The van der Waals surface area contributed by atoms with E-state index in [1.54, 1.807) is 0 Å². The van der Waals surface area contributed by atoms with Crippen LogP contribution in [0.25, 0.3) is 27.5 Å². The zero-order chi connectivity index (χ0) is 30.2. The first-order valence-corrected chi connectivity index (χ1v) is 18.2. The van der Waals surface area contributed by atoms with E-state index in [-0.39, 0.29) is 6.71 Å². The summed E-state index contributed by atoms with van der Waals surface area (Å²) in [6.07, 6.45) is 0. The molecule has 0 atom stereocenters. The van der Waals surface area contributed by atoms with Crippen LogP contribution in [-0.2, 0) is 0 Å². The predicted molar refractivity (Wildman–Crippen MR) is 196 cm³/mol. The fourth-order valence-corrected chi connectivity index (χ4v) is 13.5. The number of nitrogens with zero attached hydrogens (tertiary/aromatic N) is 1. The summed E-state index contributed by atoms with van der Waals surface area (Å²) in [7, 11) is -1.72. The van der Waals surface area contributed by atoms with E-state index >= 15 is 0 Å². The molecule has 0 saturated carbocycles. The van der Waals surface area contributed by atoms with Gasteiger partial charge in [0.25, 0.3) is 0 Å². The molecule has 216 valence electrons. The SMILES string of the molecule is c1ccc(S2(c3ccccc3)c3ccccc3B3c4ccc(-n5c6ccccc6c6ccccc65)cc4Sc4cccc2c43)cc1. The van der Waals surface area contributed by atoms with Gasteiger partial charge in [0.15, 0.2) is 0 Å². The minimum Gasteiger partial charge on any atom is -0.309 e. The summed E-state index contributed by atoms with van der Waals surface area (Å²) in [6, 6.07) is 63.6. The third-order valence-corrected chi connectivity index (χ3v) is 14.9. The maximum absolute atomic E-state index is 2.44. The molecule has 0 unspecified atom stereocenters. The van der Waals surface area contributed by atoms with Crippen molar-refractivity contribution in [2.24, 2.45) is 0 Å². The Morgan fingerprint density at radius 3 is 1.74 bits per heavy atom. The average molecular weight is 622 g/mol. The van der Waals surface area contributed by atoms with E-state index in [0.29, 0.717) is 0 Å².